The maximum Gasteiger partial charge on any atom is 0.274 e. The summed E-state index contributed by atoms with van der Waals surface area (Å²) in [7, 11) is 0. The highest BCUT2D eigenvalue weighted by Crippen LogP contribution is 2.28. The van der Waals surface area contributed by atoms with E-state index >= 15 is 0 Å². The second kappa shape index (κ2) is 9.82. The van der Waals surface area contributed by atoms with Crippen LogP contribution in [0.3, 0.4) is 0 Å². The number of anilines is 1. The average Bonchev–Trinajstić information content (AvgIpc) is 3.42. The largest absolute Gasteiger partial charge is 0.372 e. The Morgan fingerprint density at radius 2 is 1.77 bits per heavy atom. The molecule has 2 aliphatic heterocycles. The van der Waals surface area contributed by atoms with E-state index in [0.29, 0.717) is 31.9 Å². The van der Waals surface area contributed by atoms with E-state index in [-0.39, 0.29) is 30.6 Å². The van der Waals surface area contributed by atoms with E-state index in [4.69, 9.17) is 16.3 Å². The van der Waals surface area contributed by atoms with Gasteiger partial charge in [0.05, 0.1) is 12.2 Å². The van der Waals surface area contributed by atoms with E-state index in [0.717, 1.165) is 54.2 Å². The Bertz CT molecular complexity index is 1110. The maximum atomic E-state index is 13.4. The fourth-order valence-electron chi connectivity index (χ4n) is 5.70. The number of hydrogen-bond acceptors (Lipinski definition) is 5. The van der Waals surface area contributed by atoms with Crippen LogP contribution in [0.15, 0.2) is 18.2 Å². The number of hydrogen-bond donors (Lipinski definition) is 0. The molecule has 3 aliphatic rings. The normalized spacial score (nSPS) is 22.5. The van der Waals surface area contributed by atoms with Crippen molar-refractivity contribution in [2.45, 2.75) is 58.8 Å². The first-order valence-electron chi connectivity index (χ1n) is 12.6. The molecule has 0 N–H and O–H groups in total. The van der Waals surface area contributed by atoms with Crippen molar-refractivity contribution in [1.29, 1.82) is 0 Å². The molecule has 5 rings (SSSR count). The summed E-state index contributed by atoms with van der Waals surface area (Å²) in [5.74, 6) is 0.0191. The smallest absolute Gasteiger partial charge is 0.274 e. The highest BCUT2D eigenvalue weighted by atomic mass is 35.5. The molecule has 35 heavy (non-hydrogen) atoms. The fraction of sp³-hybridized carbons (Fsp3) is 0.577. The Balaban J connectivity index is 1.25. The predicted molar refractivity (Wildman–Crippen MR) is 135 cm³/mol. The number of carbonyl (C=O) groups excluding carboxylic acids is 2. The first kappa shape index (κ1) is 24.1. The van der Waals surface area contributed by atoms with Crippen molar-refractivity contribution in [3.8, 4) is 0 Å². The number of benzene rings is 1. The van der Waals surface area contributed by atoms with Gasteiger partial charge in [0.25, 0.3) is 5.91 Å². The lowest BCUT2D eigenvalue weighted by atomic mass is 10.1. The third-order valence-corrected chi connectivity index (χ3v) is 7.57. The maximum absolute atomic E-state index is 13.4. The number of nitrogens with zero attached hydrogens (tertiary/aromatic N) is 5. The second-order valence-corrected chi connectivity index (χ2v) is 10.5. The molecule has 1 aliphatic carbocycles. The number of morpholine rings is 1. The van der Waals surface area contributed by atoms with E-state index in [2.05, 4.69) is 23.0 Å². The van der Waals surface area contributed by atoms with Crippen LogP contribution in [0.4, 0.5) is 5.69 Å². The molecule has 9 heteroatoms. The molecule has 2 saturated heterocycles. The van der Waals surface area contributed by atoms with Gasteiger partial charge in [-0.25, -0.2) is 0 Å². The summed E-state index contributed by atoms with van der Waals surface area (Å²) in [6, 6.07) is 5.94. The summed E-state index contributed by atoms with van der Waals surface area (Å²) in [6.45, 7) is 10.3. The molecule has 2 atom stereocenters. The predicted octanol–water partition coefficient (Wildman–Crippen LogP) is 2.93. The molecule has 1 aromatic carbocycles. The highest BCUT2D eigenvalue weighted by Gasteiger charge is 2.33. The van der Waals surface area contributed by atoms with Crippen LogP contribution < -0.4 is 4.90 Å². The van der Waals surface area contributed by atoms with E-state index in [1.165, 1.54) is 5.69 Å². The molecule has 2 fully saturated rings. The Morgan fingerprint density at radius 1 is 1.06 bits per heavy atom. The molecule has 3 heterocycles. The van der Waals surface area contributed by atoms with E-state index in [1.54, 1.807) is 4.68 Å². The number of halogens is 1. The van der Waals surface area contributed by atoms with Crippen LogP contribution in [-0.4, -0.2) is 82.9 Å². The molecule has 0 saturated carbocycles. The zero-order valence-electron chi connectivity index (χ0n) is 20.8. The van der Waals surface area contributed by atoms with Crippen molar-refractivity contribution in [2.75, 3.05) is 44.2 Å². The minimum absolute atomic E-state index is 0.00902. The molecular formula is C26H34ClN5O3. The number of rotatable bonds is 4. The number of piperazine rings is 1. The van der Waals surface area contributed by atoms with Crippen molar-refractivity contribution in [1.82, 2.24) is 19.6 Å². The van der Waals surface area contributed by atoms with Crippen LogP contribution in [0.5, 0.6) is 0 Å². The summed E-state index contributed by atoms with van der Waals surface area (Å²) >= 11 is 6.11. The van der Waals surface area contributed by atoms with Crippen molar-refractivity contribution in [3.63, 3.8) is 0 Å². The number of fused-ring (bicyclic) bond motifs is 1. The minimum Gasteiger partial charge on any atom is -0.372 e. The van der Waals surface area contributed by atoms with Crippen molar-refractivity contribution >= 4 is 29.1 Å². The summed E-state index contributed by atoms with van der Waals surface area (Å²) in [5.41, 5.74) is 4.91. The van der Waals surface area contributed by atoms with E-state index < -0.39 is 0 Å². The Labute approximate surface area is 211 Å². The average molecular weight is 500 g/mol. The zero-order chi connectivity index (χ0) is 24.7. The number of aromatic nitrogens is 2. The summed E-state index contributed by atoms with van der Waals surface area (Å²) in [5, 5.41) is 5.43. The standard InChI is InChI=1S/C26H34ClN5O3/c1-17-13-20(27)7-8-22(17)29-9-11-30(12-10-29)24(33)16-32-23-6-4-5-21(23)25(28-32)26(34)31-14-18(2)35-19(3)15-31/h7-8,13,18-19H,4-6,9-12,14-16H2,1-3H3/t18-,19+. The third-order valence-electron chi connectivity index (χ3n) is 7.33. The number of ether oxygens (including phenoxy) is 1. The summed E-state index contributed by atoms with van der Waals surface area (Å²) < 4.78 is 7.58. The topological polar surface area (TPSA) is 70.9 Å². The molecule has 8 nitrogen and oxygen atoms in total. The van der Waals surface area contributed by atoms with Gasteiger partial charge in [0.2, 0.25) is 5.91 Å². The molecule has 0 radical (unpaired) electrons. The van der Waals surface area contributed by atoms with Gasteiger partial charge in [-0.3, -0.25) is 14.3 Å². The van der Waals surface area contributed by atoms with Crippen LogP contribution in [0.1, 0.15) is 47.6 Å². The number of carbonyl (C=O) groups is 2. The second-order valence-electron chi connectivity index (χ2n) is 10.1. The van der Waals surface area contributed by atoms with Gasteiger partial charge < -0.3 is 19.4 Å². The van der Waals surface area contributed by atoms with Gasteiger partial charge in [0.15, 0.2) is 5.69 Å². The third kappa shape index (κ3) is 4.91. The molecular weight excluding hydrogens is 466 g/mol. The first-order valence-corrected chi connectivity index (χ1v) is 13.0. The lowest BCUT2D eigenvalue weighted by Crippen LogP contribution is -2.50. The molecule has 0 unspecified atom stereocenters. The van der Waals surface area contributed by atoms with Crippen LogP contribution in [0.2, 0.25) is 5.02 Å². The van der Waals surface area contributed by atoms with Gasteiger partial charge in [-0.15, -0.1) is 0 Å². The zero-order valence-corrected chi connectivity index (χ0v) is 21.6. The molecule has 2 amide bonds. The Morgan fingerprint density at radius 3 is 2.46 bits per heavy atom. The van der Waals surface area contributed by atoms with Gasteiger partial charge >= 0.3 is 0 Å². The van der Waals surface area contributed by atoms with Crippen LogP contribution >= 0.6 is 11.6 Å². The van der Waals surface area contributed by atoms with Crippen LogP contribution in [0.25, 0.3) is 0 Å². The minimum atomic E-state index is -0.0386. The SMILES string of the molecule is Cc1cc(Cl)ccc1N1CCN(C(=O)Cn2nc(C(=O)N3C[C@@H](C)O[C@@H](C)C3)c3c2CCC3)CC1. The van der Waals surface area contributed by atoms with Crippen molar-refractivity contribution in [3.05, 3.63) is 45.7 Å². The van der Waals surface area contributed by atoms with Crippen LogP contribution in [0, 0.1) is 6.92 Å². The molecule has 2 aromatic rings. The molecule has 1 aromatic heterocycles. The van der Waals surface area contributed by atoms with Gasteiger partial charge in [-0.2, -0.15) is 5.10 Å². The monoisotopic (exact) mass is 499 g/mol. The summed E-state index contributed by atoms with van der Waals surface area (Å²) in [4.78, 5) is 32.6. The van der Waals surface area contributed by atoms with Crippen LogP contribution in [-0.2, 0) is 28.9 Å². The van der Waals surface area contributed by atoms with Crippen molar-refractivity contribution in [2.24, 2.45) is 0 Å². The van der Waals surface area contributed by atoms with Gasteiger partial charge in [0.1, 0.15) is 6.54 Å². The quantitative estimate of drug-likeness (QED) is 0.647. The van der Waals surface area contributed by atoms with E-state index in [9.17, 15) is 9.59 Å². The Kier molecular flexibility index (Phi) is 6.77. The van der Waals surface area contributed by atoms with E-state index in [1.807, 2.05) is 35.8 Å². The highest BCUT2D eigenvalue weighted by molar-refractivity contribution is 6.30. The fourth-order valence-corrected chi connectivity index (χ4v) is 5.93. The molecule has 0 bridgehead atoms. The van der Waals surface area contributed by atoms with Gasteiger partial charge in [0, 0.05) is 61.2 Å². The Hall–Kier alpha value is -2.58. The summed E-state index contributed by atoms with van der Waals surface area (Å²) in [6.07, 6.45) is 2.72. The molecule has 0 spiro atoms. The first-order chi connectivity index (χ1) is 16.8. The number of aryl methyl sites for hydroxylation is 1. The molecule has 188 valence electrons. The van der Waals surface area contributed by atoms with Gasteiger partial charge in [-0.05, 0) is 63.8 Å². The van der Waals surface area contributed by atoms with Crippen molar-refractivity contribution < 1.29 is 14.3 Å². The lowest BCUT2D eigenvalue weighted by molar-refractivity contribution is -0.132. The lowest BCUT2D eigenvalue weighted by Gasteiger charge is -2.37. The van der Waals surface area contributed by atoms with Gasteiger partial charge in [-0.1, -0.05) is 11.6 Å². The number of amides is 2.